The van der Waals surface area contributed by atoms with E-state index in [0.29, 0.717) is 11.3 Å². The van der Waals surface area contributed by atoms with Crippen LogP contribution in [0.1, 0.15) is 16.1 Å². The van der Waals surface area contributed by atoms with Gasteiger partial charge in [0.05, 0.1) is 6.21 Å². The smallest absolute Gasteiger partial charge is 0.271 e. The molecule has 5 heteroatoms. The summed E-state index contributed by atoms with van der Waals surface area (Å²) in [7, 11) is 0. The zero-order chi connectivity index (χ0) is 16.1. The third kappa shape index (κ3) is 3.96. The second-order valence-electron chi connectivity index (χ2n) is 4.78. The topological polar surface area (TPSA) is 54.6 Å². The number of halogens is 1. The van der Waals surface area contributed by atoms with E-state index < -0.39 is 0 Å². The van der Waals surface area contributed by atoms with Crippen LogP contribution in [0.4, 0.5) is 0 Å². The summed E-state index contributed by atoms with van der Waals surface area (Å²) in [5.41, 5.74) is 3.99. The van der Waals surface area contributed by atoms with Gasteiger partial charge in [-0.05, 0) is 36.4 Å². The van der Waals surface area contributed by atoms with Crippen molar-refractivity contribution < 1.29 is 9.21 Å². The van der Waals surface area contributed by atoms with Crippen LogP contribution >= 0.6 is 15.9 Å². The molecule has 1 N–H and O–H groups in total. The van der Waals surface area contributed by atoms with Crippen molar-refractivity contribution in [1.29, 1.82) is 0 Å². The first kappa shape index (κ1) is 15.2. The van der Waals surface area contributed by atoms with E-state index in [4.69, 9.17) is 4.42 Å². The summed E-state index contributed by atoms with van der Waals surface area (Å²) in [5.74, 6) is 1.04. The number of furan rings is 1. The fraction of sp³-hybridized carbons (Fsp3) is 0. The van der Waals surface area contributed by atoms with Crippen LogP contribution in [0.25, 0.3) is 11.3 Å². The second kappa shape index (κ2) is 7.07. The van der Waals surface area contributed by atoms with E-state index in [1.54, 1.807) is 30.3 Å². The van der Waals surface area contributed by atoms with Gasteiger partial charge >= 0.3 is 0 Å². The molecule has 1 amide bonds. The highest BCUT2D eigenvalue weighted by molar-refractivity contribution is 9.10. The van der Waals surface area contributed by atoms with Crippen molar-refractivity contribution in [3.05, 3.63) is 82.5 Å². The van der Waals surface area contributed by atoms with Crippen LogP contribution < -0.4 is 5.43 Å². The van der Waals surface area contributed by atoms with Crippen LogP contribution in [-0.2, 0) is 0 Å². The number of nitrogens with zero attached hydrogens (tertiary/aromatic N) is 1. The zero-order valence-corrected chi connectivity index (χ0v) is 13.7. The lowest BCUT2D eigenvalue weighted by Gasteiger charge is -1.98. The number of benzene rings is 2. The van der Waals surface area contributed by atoms with Crippen LogP contribution in [0.5, 0.6) is 0 Å². The quantitative estimate of drug-likeness (QED) is 0.545. The maximum absolute atomic E-state index is 11.8. The third-order valence-corrected chi connectivity index (χ3v) is 3.62. The van der Waals surface area contributed by atoms with Gasteiger partial charge in [-0.1, -0.05) is 46.3 Å². The Hall–Kier alpha value is -2.66. The molecule has 0 radical (unpaired) electrons. The Morgan fingerprint density at radius 2 is 1.87 bits per heavy atom. The molecule has 1 heterocycles. The fourth-order valence-electron chi connectivity index (χ4n) is 2.03. The number of hydrogen-bond donors (Lipinski definition) is 1. The third-order valence-electron chi connectivity index (χ3n) is 3.13. The molecular weight excluding hydrogens is 356 g/mol. The van der Waals surface area contributed by atoms with Crippen molar-refractivity contribution in [3.63, 3.8) is 0 Å². The molecule has 1 aromatic heterocycles. The van der Waals surface area contributed by atoms with Crippen LogP contribution in [-0.4, -0.2) is 12.1 Å². The normalized spacial score (nSPS) is 10.8. The summed E-state index contributed by atoms with van der Waals surface area (Å²) >= 11 is 3.43. The Bertz CT molecular complexity index is 841. The van der Waals surface area contributed by atoms with Gasteiger partial charge in [-0.25, -0.2) is 5.43 Å². The standard InChI is InChI=1S/C18H13BrN2O2/c19-15-8-4-7-14(11-15)17-10-9-16(23-17)12-20-21-18(22)13-5-2-1-3-6-13/h1-12H,(H,21,22)/b20-12+. The Morgan fingerprint density at radius 1 is 1.04 bits per heavy atom. The van der Waals surface area contributed by atoms with E-state index >= 15 is 0 Å². The number of amides is 1. The van der Waals surface area contributed by atoms with Crippen LogP contribution in [0, 0.1) is 0 Å². The first-order valence-electron chi connectivity index (χ1n) is 6.96. The highest BCUT2D eigenvalue weighted by Crippen LogP contribution is 2.24. The first-order valence-corrected chi connectivity index (χ1v) is 7.76. The molecule has 4 nitrogen and oxygen atoms in total. The molecule has 23 heavy (non-hydrogen) atoms. The molecule has 0 aliphatic carbocycles. The van der Waals surface area contributed by atoms with Crippen LogP contribution in [0.3, 0.4) is 0 Å². The van der Waals surface area contributed by atoms with Crippen molar-refractivity contribution in [2.75, 3.05) is 0 Å². The number of carbonyl (C=O) groups is 1. The van der Waals surface area contributed by atoms with Gasteiger partial charge in [-0.2, -0.15) is 5.10 Å². The predicted molar refractivity (Wildman–Crippen MR) is 93.3 cm³/mol. The molecule has 3 rings (SSSR count). The molecule has 0 unspecified atom stereocenters. The van der Waals surface area contributed by atoms with Crippen LogP contribution in [0.15, 0.2) is 80.7 Å². The van der Waals surface area contributed by atoms with Gasteiger partial charge in [-0.15, -0.1) is 0 Å². The Morgan fingerprint density at radius 3 is 2.65 bits per heavy atom. The number of nitrogens with one attached hydrogen (secondary N) is 1. The lowest BCUT2D eigenvalue weighted by Crippen LogP contribution is -2.17. The largest absolute Gasteiger partial charge is 0.455 e. The molecule has 0 saturated heterocycles. The Kier molecular flexibility index (Phi) is 4.68. The van der Waals surface area contributed by atoms with Crippen molar-refractivity contribution in [1.82, 2.24) is 5.43 Å². The van der Waals surface area contributed by atoms with E-state index in [1.165, 1.54) is 6.21 Å². The van der Waals surface area contributed by atoms with Crippen molar-refractivity contribution in [3.8, 4) is 11.3 Å². The number of carbonyl (C=O) groups excluding carboxylic acids is 1. The average molecular weight is 369 g/mol. The van der Waals surface area contributed by atoms with Crippen molar-refractivity contribution in [2.24, 2.45) is 5.10 Å². The molecule has 0 saturated carbocycles. The fourth-order valence-corrected chi connectivity index (χ4v) is 2.43. The second-order valence-corrected chi connectivity index (χ2v) is 5.69. The minimum absolute atomic E-state index is 0.263. The van der Waals surface area contributed by atoms with E-state index in [-0.39, 0.29) is 5.91 Å². The maximum Gasteiger partial charge on any atom is 0.271 e. The monoisotopic (exact) mass is 368 g/mol. The van der Waals surface area contributed by atoms with Crippen molar-refractivity contribution in [2.45, 2.75) is 0 Å². The number of hydrogen-bond acceptors (Lipinski definition) is 3. The van der Waals surface area contributed by atoms with E-state index in [0.717, 1.165) is 15.8 Å². The Balaban J connectivity index is 1.66. The highest BCUT2D eigenvalue weighted by Gasteiger charge is 2.05. The summed E-state index contributed by atoms with van der Waals surface area (Å²) in [4.78, 5) is 11.8. The average Bonchev–Trinajstić information content (AvgIpc) is 3.04. The molecule has 0 atom stereocenters. The molecule has 3 aromatic rings. The SMILES string of the molecule is O=C(N/N=C/c1ccc(-c2cccc(Br)c2)o1)c1ccccc1. The van der Waals surface area contributed by atoms with Gasteiger partial charge in [0.15, 0.2) is 0 Å². The lowest BCUT2D eigenvalue weighted by molar-refractivity contribution is 0.0955. The Labute approximate surface area is 142 Å². The minimum atomic E-state index is -0.263. The molecule has 0 fully saturated rings. The van der Waals surface area contributed by atoms with Gasteiger partial charge in [-0.3, -0.25) is 4.79 Å². The summed E-state index contributed by atoms with van der Waals surface area (Å²) in [6.45, 7) is 0. The number of hydrazone groups is 1. The zero-order valence-electron chi connectivity index (χ0n) is 12.1. The maximum atomic E-state index is 11.8. The minimum Gasteiger partial charge on any atom is -0.455 e. The molecule has 0 spiro atoms. The predicted octanol–water partition coefficient (Wildman–Crippen LogP) is 4.47. The van der Waals surface area contributed by atoms with Crippen molar-refractivity contribution >= 4 is 28.1 Å². The number of rotatable bonds is 4. The molecule has 0 aliphatic rings. The van der Waals surface area contributed by atoms with Gasteiger partial charge in [0.25, 0.3) is 5.91 Å². The van der Waals surface area contributed by atoms with E-state index in [2.05, 4.69) is 26.5 Å². The molecule has 0 bridgehead atoms. The van der Waals surface area contributed by atoms with E-state index in [1.807, 2.05) is 36.4 Å². The summed E-state index contributed by atoms with van der Waals surface area (Å²) in [5, 5.41) is 3.91. The summed E-state index contributed by atoms with van der Waals surface area (Å²) < 4.78 is 6.67. The lowest BCUT2D eigenvalue weighted by atomic mass is 10.2. The molecule has 0 aliphatic heterocycles. The molecule has 2 aromatic carbocycles. The molecule has 114 valence electrons. The van der Waals surface area contributed by atoms with Gasteiger partial charge < -0.3 is 4.42 Å². The van der Waals surface area contributed by atoms with Crippen LogP contribution in [0.2, 0.25) is 0 Å². The summed E-state index contributed by atoms with van der Waals surface area (Å²) in [6.07, 6.45) is 1.47. The summed E-state index contributed by atoms with van der Waals surface area (Å²) in [6, 6.07) is 20.4. The van der Waals surface area contributed by atoms with Gasteiger partial charge in [0, 0.05) is 15.6 Å². The molecular formula is C18H13BrN2O2. The first-order chi connectivity index (χ1) is 11.2. The van der Waals surface area contributed by atoms with Gasteiger partial charge in [0.1, 0.15) is 11.5 Å². The highest BCUT2D eigenvalue weighted by atomic mass is 79.9. The van der Waals surface area contributed by atoms with E-state index in [9.17, 15) is 4.79 Å². The van der Waals surface area contributed by atoms with Gasteiger partial charge in [0.2, 0.25) is 0 Å².